The maximum absolute atomic E-state index is 11.2. The zero-order chi connectivity index (χ0) is 14.7. The second kappa shape index (κ2) is 6.05. The van der Waals surface area contributed by atoms with Crippen molar-refractivity contribution in [3.8, 4) is 0 Å². The van der Waals surface area contributed by atoms with E-state index in [1.54, 1.807) is 0 Å². The first-order chi connectivity index (χ1) is 9.52. The first-order valence-corrected chi connectivity index (χ1v) is 7.40. The molecule has 5 heteroatoms. The Hall–Kier alpha value is -1.88. The Labute approximate surface area is 122 Å². The quantitative estimate of drug-likeness (QED) is 0.868. The molecule has 0 aliphatic carbocycles. The molecule has 0 saturated carbocycles. The number of aromatic nitrogens is 1. The monoisotopic (exact) mass is 290 g/mol. The molecule has 1 aromatic carbocycles. The lowest BCUT2D eigenvalue weighted by atomic mass is 10.1. The van der Waals surface area contributed by atoms with Crippen molar-refractivity contribution in [3.05, 3.63) is 39.9 Å². The number of carboxylic acids is 1. The van der Waals surface area contributed by atoms with Gasteiger partial charge >= 0.3 is 5.97 Å². The molecule has 1 heterocycles. The van der Waals surface area contributed by atoms with Crippen molar-refractivity contribution in [2.45, 2.75) is 33.6 Å². The summed E-state index contributed by atoms with van der Waals surface area (Å²) >= 11 is 1.20. The first-order valence-electron chi connectivity index (χ1n) is 6.59. The molecule has 0 spiro atoms. The van der Waals surface area contributed by atoms with Gasteiger partial charge in [0.05, 0.1) is 5.69 Å². The molecule has 2 aromatic rings. The second-order valence-electron chi connectivity index (χ2n) is 4.72. The van der Waals surface area contributed by atoms with Crippen LogP contribution in [0.5, 0.6) is 0 Å². The second-order valence-corrected chi connectivity index (χ2v) is 5.72. The van der Waals surface area contributed by atoms with E-state index in [0.717, 1.165) is 17.7 Å². The number of benzene rings is 1. The number of anilines is 2. The summed E-state index contributed by atoms with van der Waals surface area (Å²) in [4.78, 5) is 16.0. The summed E-state index contributed by atoms with van der Waals surface area (Å²) in [5.74, 6) is -0.903. The van der Waals surface area contributed by atoms with E-state index in [-0.39, 0.29) is 0 Å². The third kappa shape index (κ3) is 2.99. The van der Waals surface area contributed by atoms with E-state index in [1.165, 1.54) is 16.9 Å². The molecular weight excluding hydrogens is 272 g/mol. The van der Waals surface area contributed by atoms with Crippen LogP contribution in [0.4, 0.5) is 10.8 Å². The third-order valence-electron chi connectivity index (χ3n) is 3.22. The van der Waals surface area contributed by atoms with Crippen LogP contribution < -0.4 is 5.32 Å². The summed E-state index contributed by atoms with van der Waals surface area (Å²) in [5.41, 5.74) is 3.98. The lowest BCUT2D eigenvalue weighted by Crippen LogP contribution is -1.98. The molecule has 0 aliphatic heterocycles. The molecule has 106 valence electrons. The van der Waals surface area contributed by atoms with Gasteiger partial charge in [0, 0.05) is 5.69 Å². The van der Waals surface area contributed by atoms with E-state index < -0.39 is 5.97 Å². The molecule has 0 radical (unpaired) electrons. The van der Waals surface area contributed by atoms with E-state index in [1.807, 2.05) is 39.0 Å². The van der Waals surface area contributed by atoms with Gasteiger partial charge in [0.15, 0.2) is 5.13 Å². The van der Waals surface area contributed by atoms with Gasteiger partial charge in [0.25, 0.3) is 0 Å². The number of carboxylic acid groups (broad SMARTS) is 1. The minimum atomic E-state index is -0.903. The summed E-state index contributed by atoms with van der Waals surface area (Å²) in [5, 5.41) is 13.1. The van der Waals surface area contributed by atoms with Crippen molar-refractivity contribution in [1.82, 2.24) is 4.98 Å². The van der Waals surface area contributed by atoms with Crippen molar-refractivity contribution >= 4 is 28.1 Å². The highest BCUT2D eigenvalue weighted by atomic mass is 32.1. The van der Waals surface area contributed by atoms with Gasteiger partial charge in [0.2, 0.25) is 0 Å². The fourth-order valence-corrected chi connectivity index (χ4v) is 2.84. The molecule has 0 aliphatic rings. The summed E-state index contributed by atoms with van der Waals surface area (Å²) < 4.78 is 0. The lowest BCUT2D eigenvalue weighted by Gasteiger charge is -2.08. The first kappa shape index (κ1) is 14.5. The van der Waals surface area contributed by atoms with E-state index >= 15 is 0 Å². The fraction of sp³-hybridized carbons (Fsp3) is 0.333. The number of aryl methyl sites for hydroxylation is 2. The Morgan fingerprint density at radius 3 is 2.80 bits per heavy atom. The number of rotatable bonds is 5. The van der Waals surface area contributed by atoms with Crippen molar-refractivity contribution in [2.75, 3.05) is 5.32 Å². The van der Waals surface area contributed by atoms with Crippen LogP contribution in [0.1, 0.15) is 39.8 Å². The van der Waals surface area contributed by atoms with Crippen molar-refractivity contribution in [2.24, 2.45) is 0 Å². The minimum Gasteiger partial charge on any atom is -0.477 e. The summed E-state index contributed by atoms with van der Waals surface area (Å²) in [6.07, 6.45) is 1.57. The number of nitrogens with zero attached hydrogens (tertiary/aromatic N) is 1. The number of hydrogen-bond donors (Lipinski definition) is 2. The maximum atomic E-state index is 11.2. The van der Waals surface area contributed by atoms with Gasteiger partial charge in [-0.3, -0.25) is 0 Å². The molecule has 4 nitrogen and oxygen atoms in total. The van der Waals surface area contributed by atoms with E-state index in [2.05, 4.69) is 10.3 Å². The van der Waals surface area contributed by atoms with Crippen LogP contribution in [-0.4, -0.2) is 16.1 Å². The molecular formula is C15H18N2O2S. The molecule has 2 rings (SSSR count). The highest BCUT2D eigenvalue weighted by molar-refractivity contribution is 7.17. The topological polar surface area (TPSA) is 62.2 Å². The van der Waals surface area contributed by atoms with Crippen LogP contribution >= 0.6 is 11.3 Å². The molecule has 0 fully saturated rings. The molecule has 0 unspecified atom stereocenters. The van der Waals surface area contributed by atoms with Crippen LogP contribution in [0.25, 0.3) is 0 Å². The minimum absolute atomic E-state index is 0.333. The largest absolute Gasteiger partial charge is 0.477 e. The van der Waals surface area contributed by atoms with Gasteiger partial charge < -0.3 is 10.4 Å². The molecule has 0 atom stereocenters. The lowest BCUT2D eigenvalue weighted by molar-refractivity contribution is 0.0700. The van der Waals surface area contributed by atoms with E-state index in [4.69, 9.17) is 0 Å². The smallest absolute Gasteiger partial charge is 0.347 e. The number of thiazole rings is 1. The van der Waals surface area contributed by atoms with Gasteiger partial charge in [-0.05, 0) is 37.5 Å². The average Bonchev–Trinajstić information content (AvgIpc) is 2.79. The van der Waals surface area contributed by atoms with E-state index in [9.17, 15) is 9.90 Å². The van der Waals surface area contributed by atoms with Gasteiger partial charge in [0.1, 0.15) is 4.88 Å². The van der Waals surface area contributed by atoms with Gasteiger partial charge in [-0.1, -0.05) is 36.8 Å². The average molecular weight is 290 g/mol. The van der Waals surface area contributed by atoms with E-state index in [0.29, 0.717) is 22.1 Å². The number of carbonyl (C=O) groups is 1. The van der Waals surface area contributed by atoms with Crippen molar-refractivity contribution in [3.63, 3.8) is 0 Å². The van der Waals surface area contributed by atoms with Crippen LogP contribution in [0.15, 0.2) is 18.2 Å². The predicted octanol–water partition coefficient (Wildman–Crippen LogP) is 4.15. The zero-order valence-corrected chi connectivity index (χ0v) is 12.7. The van der Waals surface area contributed by atoms with Gasteiger partial charge in [-0.15, -0.1) is 0 Å². The number of aromatic carboxylic acids is 1. The molecule has 0 amide bonds. The number of nitrogens with one attached hydrogen (secondary N) is 1. The Morgan fingerprint density at radius 2 is 2.15 bits per heavy atom. The summed E-state index contributed by atoms with van der Waals surface area (Å²) in [7, 11) is 0. The van der Waals surface area contributed by atoms with Crippen molar-refractivity contribution < 1.29 is 9.90 Å². The standard InChI is InChI=1S/C15H18N2O2S/c1-4-6-12-13(14(18)19)20-15(17-12)16-11-8-5-7-9(2)10(11)3/h5,7-8H,4,6H2,1-3H3,(H,16,17)(H,18,19). The zero-order valence-electron chi connectivity index (χ0n) is 11.9. The Kier molecular flexibility index (Phi) is 4.39. The van der Waals surface area contributed by atoms with Gasteiger partial charge in [-0.2, -0.15) is 0 Å². The fourth-order valence-electron chi connectivity index (χ4n) is 1.98. The summed E-state index contributed by atoms with van der Waals surface area (Å²) in [6, 6.07) is 6.00. The Balaban J connectivity index is 2.32. The van der Waals surface area contributed by atoms with Crippen molar-refractivity contribution in [1.29, 1.82) is 0 Å². The molecule has 0 bridgehead atoms. The molecule has 1 aromatic heterocycles. The van der Waals surface area contributed by atoms with Gasteiger partial charge in [-0.25, -0.2) is 9.78 Å². The van der Waals surface area contributed by atoms with Crippen LogP contribution in [0.3, 0.4) is 0 Å². The highest BCUT2D eigenvalue weighted by Crippen LogP contribution is 2.29. The Morgan fingerprint density at radius 1 is 1.40 bits per heavy atom. The predicted molar refractivity (Wildman–Crippen MR) is 82.3 cm³/mol. The van der Waals surface area contributed by atoms with Crippen LogP contribution in [-0.2, 0) is 6.42 Å². The van der Waals surface area contributed by atoms with Crippen LogP contribution in [0.2, 0.25) is 0 Å². The molecule has 2 N–H and O–H groups in total. The summed E-state index contributed by atoms with van der Waals surface area (Å²) in [6.45, 7) is 6.10. The SMILES string of the molecule is CCCc1nc(Nc2cccc(C)c2C)sc1C(=O)O. The van der Waals surface area contributed by atoms with Crippen LogP contribution in [0, 0.1) is 13.8 Å². The number of hydrogen-bond acceptors (Lipinski definition) is 4. The highest BCUT2D eigenvalue weighted by Gasteiger charge is 2.17. The Bertz CT molecular complexity index is 635. The third-order valence-corrected chi connectivity index (χ3v) is 4.23. The molecule has 20 heavy (non-hydrogen) atoms. The normalized spacial score (nSPS) is 10.6. The molecule has 0 saturated heterocycles. The maximum Gasteiger partial charge on any atom is 0.347 e.